The van der Waals surface area contributed by atoms with E-state index in [4.69, 9.17) is 0 Å². The van der Waals surface area contributed by atoms with Crippen LogP contribution in [0.15, 0.2) is 35.9 Å². The first kappa shape index (κ1) is 14.5. The lowest BCUT2D eigenvalue weighted by Gasteiger charge is -2.15. The largest absolute Gasteiger partial charge is 0.387 e. The van der Waals surface area contributed by atoms with Gasteiger partial charge in [0.1, 0.15) is 17.5 Å². The second kappa shape index (κ2) is 5.20. The summed E-state index contributed by atoms with van der Waals surface area (Å²) in [5, 5.41) is 14.2. The SMILES string of the molecule is Cc1c2c(n3c1=CNCC3)=C(c1cccc(F)c1)C=C(C#N)C2=O. The first-order chi connectivity index (χ1) is 11.6. The van der Waals surface area contributed by atoms with Crippen LogP contribution in [0.4, 0.5) is 4.39 Å². The summed E-state index contributed by atoms with van der Waals surface area (Å²) in [6.45, 7) is 3.35. The van der Waals surface area contributed by atoms with Crippen molar-refractivity contribution < 1.29 is 9.18 Å². The lowest BCUT2D eigenvalue weighted by atomic mass is 9.91. The quantitative estimate of drug-likeness (QED) is 0.857. The summed E-state index contributed by atoms with van der Waals surface area (Å²) >= 11 is 0. The zero-order valence-electron chi connectivity index (χ0n) is 13.1. The number of nitrogens with one attached hydrogen (secondary N) is 1. The Morgan fingerprint density at radius 3 is 2.96 bits per heavy atom. The molecule has 1 aliphatic carbocycles. The molecular weight excluding hydrogens is 305 g/mol. The van der Waals surface area contributed by atoms with Gasteiger partial charge in [-0.2, -0.15) is 5.26 Å². The van der Waals surface area contributed by atoms with Gasteiger partial charge in [0.2, 0.25) is 5.78 Å². The third kappa shape index (κ3) is 1.93. The molecule has 0 saturated heterocycles. The molecule has 5 heteroatoms. The average molecular weight is 319 g/mol. The number of Topliss-reactive ketones (excluding diaryl/α,β-unsaturated/α-hetero) is 1. The molecule has 2 heterocycles. The summed E-state index contributed by atoms with van der Waals surface area (Å²) in [6, 6.07) is 8.22. The Morgan fingerprint density at radius 2 is 2.21 bits per heavy atom. The van der Waals surface area contributed by atoms with Crippen LogP contribution in [0.1, 0.15) is 21.5 Å². The molecule has 2 aliphatic rings. The molecule has 0 fully saturated rings. The molecule has 0 unspecified atom stereocenters. The molecule has 0 bridgehead atoms. The maximum absolute atomic E-state index is 13.7. The summed E-state index contributed by atoms with van der Waals surface area (Å²) in [5.74, 6) is -0.610. The van der Waals surface area contributed by atoms with E-state index in [1.165, 1.54) is 12.1 Å². The summed E-state index contributed by atoms with van der Waals surface area (Å²) in [4.78, 5) is 12.7. The Morgan fingerprint density at radius 1 is 1.38 bits per heavy atom. The van der Waals surface area contributed by atoms with Gasteiger partial charge < -0.3 is 9.88 Å². The van der Waals surface area contributed by atoms with E-state index in [1.54, 1.807) is 18.2 Å². The molecule has 2 aromatic rings. The fraction of sp³-hybridized carbons (Fsp3) is 0.158. The lowest BCUT2D eigenvalue weighted by molar-refractivity contribution is 0.103. The van der Waals surface area contributed by atoms with Crippen molar-refractivity contribution in [1.29, 1.82) is 5.26 Å². The van der Waals surface area contributed by atoms with Crippen molar-refractivity contribution in [1.82, 2.24) is 9.88 Å². The minimum absolute atomic E-state index is 0.0840. The standard InChI is InChI=1S/C19H14FN3O/c1-11-16-10-22-5-6-23(16)18-15(12-3-2-4-14(20)7-12)8-13(9-21)19(24)17(11)18/h2-4,7-8,10,22H,5-6H2,1H3. The van der Waals surface area contributed by atoms with Gasteiger partial charge in [-0.3, -0.25) is 4.79 Å². The van der Waals surface area contributed by atoms with E-state index in [0.717, 1.165) is 22.8 Å². The molecule has 0 amide bonds. The highest BCUT2D eigenvalue weighted by Gasteiger charge is 2.27. The van der Waals surface area contributed by atoms with Gasteiger partial charge in [-0.25, -0.2) is 4.39 Å². The lowest BCUT2D eigenvalue weighted by Crippen LogP contribution is -2.39. The second-order valence-corrected chi connectivity index (χ2v) is 5.91. The minimum atomic E-state index is -0.347. The Balaban J connectivity index is 2.20. The van der Waals surface area contributed by atoms with Crippen LogP contribution >= 0.6 is 0 Å². The minimum Gasteiger partial charge on any atom is -0.387 e. The van der Waals surface area contributed by atoms with Crippen molar-refractivity contribution in [2.75, 3.05) is 6.54 Å². The van der Waals surface area contributed by atoms with Gasteiger partial charge in [-0.05, 0) is 36.3 Å². The maximum atomic E-state index is 13.7. The van der Waals surface area contributed by atoms with Crippen molar-refractivity contribution in [3.05, 3.63) is 69.1 Å². The molecule has 4 rings (SSSR count). The Hall–Kier alpha value is -3.13. The van der Waals surface area contributed by atoms with Crippen LogP contribution in [0.2, 0.25) is 0 Å². The number of allylic oxidation sites excluding steroid dienone is 2. The van der Waals surface area contributed by atoms with Crippen LogP contribution < -0.4 is 16.0 Å². The molecule has 1 aromatic carbocycles. The Labute approximate surface area is 137 Å². The molecule has 0 radical (unpaired) electrons. The molecule has 0 atom stereocenters. The van der Waals surface area contributed by atoms with Crippen molar-refractivity contribution >= 4 is 17.6 Å². The topological polar surface area (TPSA) is 57.8 Å². The van der Waals surface area contributed by atoms with Gasteiger partial charge in [-0.15, -0.1) is 0 Å². The van der Waals surface area contributed by atoms with Crippen LogP contribution in [-0.2, 0) is 6.54 Å². The van der Waals surface area contributed by atoms with E-state index in [0.29, 0.717) is 23.2 Å². The molecule has 118 valence electrons. The number of rotatable bonds is 1. The van der Waals surface area contributed by atoms with E-state index in [-0.39, 0.29) is 17.2 Å². The first-order valence-corrected chi connectivity index (χ1v) is 7.71. The molecule has 0 saturated carbocycles. The van der Waals surface area contributed by atoms with Gasteiger partial charge in [0.05, 0.1) is 16.3 Å². The average Bonchev–Trinajstić information content (AvgIpc) is 2.90. The summed E-state index contributed by atoms with van der Waals surface area (Å²) in [6.07, 6.45) is 3.47. The van der Waals surface area contributed by atoms with Crippen molar-refractivity contribution in [2.24, 2.45) is 0 Å². The smallest absolute Gasteiger partial charge is 0.206 e. The number of fused-ring (bicyclic) bond motifs is 3. The van der Waals surface area contributed by atoms with Crippen molar-refractivity contribution in [3.8, 4) is 6.07 Å². The van der Waals surface area contributed by atoms with E-state index in [1.807, 2.05) is 19.2 Å². The highest BCUT2D eigenvalue weighted by atomic mass is 19.1. The Kier molecular flexibility index (Phi) is 3.14. The molecule has 0 spiro atoms. The van der Waals surface area contributed by atoms with E-state index in [9.17, 15) is 14.4 Å². The van der Waals surface area contributed by atoms with Gasteiger partial charge in [0.25, 0.3) is 0 Å². The maximum Gasteiger partial charge on any atom is 0.206 e. The predicted molar refractivity (Wildman–Crippen MR) is 87.8 cm³/mol. The summed E-state index contributed by atoms with van der Waals surface area (Å²) < 4.78 is 15.8. The summed E-state index contributed by atoms with van der Waals surface area (Å²) in [7, 11) is 0. The zero-order valence-corrected chi connectivity index (χ0v) is 13.1. The van der Waals surface area contributed by atoms with Gasteiger partial charge in [0, 0.05) is 24.9 Å². The van der Waals surface area contributed by atoms with Gasteiger partial charge in [0.15, 0.2) is 0 Å². The number of nitrogens with zero attached hydrogens (tertiary/aromatic N) is 2. The van der Waals surface area contributed by atoms with Gasteiger partial charge in [-0.1, -0.05) is 12.1 Å². The number of carbonyl (C=O) groups excluding carboxylic acids is 1. The molecule has 1 aliphatic heterocycles. The monoisotopic (exact) mass is 319 g/mol. The zero-order chi connectivity index (χ0) is 16.8. The highest BCUT2D eigenvalue weighted by Crippen LogP contribution is 2.22. The van der Waals surface area contributed by atoms with Crippen LogP contribution in [0.3, 0.4) is 0 Å². The van der Waals surface area contributed by atoms with Crippen molar-refractivity contribution in [2.45, 2.75) is 13.5 Å². The van der Waals surface area contributed by atoms with Crippen LogP contribution in [-0.4, -0.2) is 16.9 Å². The van der Waals surface area contributed by atoms with Gasteiger partial charge >= 0.3 is 0 Å². The molecule has 4 nitrogen and oxygen atoms in total. The second-order valence-electron chi connectivity index (χ2n) is 5.91. The normalized spacial score (nSPS) is 15.6. The van der Waals surface area contributed by atoms with Crippen molar-refractivity contribution in [3.63, 3.8) is 0 Å². The first-order valence-electron chi connectivity index (χ1n) is 7.71. The summed E-state index contributed by atoms with van der Waals surface area (Å²) in [5.41, 5.74) is 2.85. The van der Waals surface area contributed by atoms with E-state index < -0.39 is 0 Å². The third-order valence-electron chi connectivity index (χ3n) is 4.55. The van der Waals surface area contributed by atoms with E-state index >= 15 is 0 Å². The number of benzene rings is 1. The molecule has 1 N–H and O–H groups in total. The van der Waals surface area contributed by atoms with Crippen LogP contribution in [0.25, 0.3) is 11.8 Å². The van der Waals surface area contributed by atoms with E-state index in [2.05, 4.69) is 9.88 Å². The fourth-order valence-electron chi connectivity index (χ4n) is 3.46. The third-order valence-corrected chi connectivity index (χ3v) is 4.55. The number of nitriles is 1. The predicted octanol–water partition coefficient (Wildman–Crippen LogP) is 1.12. The molecular formula is C19H14FN3O. The Bertz CT molecular complexity index is 1080. The molecule has 24 heavy (non-hydrogen) atoms. The number of hydrogen-bond donors (Lipinski definition) is 1. The fourth-order valence-corrected chi connectivity index (χ4v) is 3.46. The van der Waals surface area contributed by atoms with Crippen LogP contribution in [0.5, 0.6) is 0 Å². The number of hydrogen-bond acceptors (Lipinski definition) is 3. The number of ketones is 1. The highest BCUT2D eigenvalue weighted by molar-refractivity contribution is 6.16. The number of aromatic nitrogens is 1. The number of halogens is 1. The molecule has 1 aromatic heterocycles. The number of carbonyl (C=O) groups is 1. The van der Waals surface area contributed by atoms with Crippen LogP contribution in [0, 0.1) is 24.1 Å².